The van der Waals surface area contributed by atoms with E-state index in [4.69, 9.17) is 0 Å². The lowest BCUT2D eigenvalue weighted by molar-refractivity contribution is -0.392. The summed E-state index contributed by atoms with van der Waals surface area (Å²) in [5.41, 5.74) is 4.36. The monoisotopic (exact) mass is 623 g/mol. The normalized spacial score (nSPS) is 11.5. The minimum Gasteiger partial charge on any atom is -0.389 e. The van der Waals surface area contributed by atoms with Crippen molar-refractivity contribution in [2.45, 2.75) is 32.9 Å². The minimum atomic E-state index is -0.940. The minimum absolute atomic E-state index is 0.359. The van der Waals surface area contributed by atoms with Crippen LogP contribution in [0.3, 0.4) is 0 Å². The van der Waals surface area contributed by atoms with E-state index in [2.05, 4.69) is 46.9 Å². The molecule has 0 bridgehead atoms. The molecule has 0 amide bonds. The van der Waals surface area contributed by atoms with Crippen LogP contribution in [0.4, 0.5) is 14.6 Å². The second-order valence-corrected chi connectivity index (χ2v) is 9.28. The number of aliphatic hydroxyl groups excluding tert-OH is 1. The number of pyridine rings is 2. The van der Waals surface area contributed by atoms with Gasteiger partial charge in [-0.2, -0.15) is 9.49 Å². The highest BCUT2D eigenvalue weighted by Gasteiger charge is 2.17. The van der Waals surface area contributed by atoms with Crippen molar-refractivity contribution in [3.63, 3.8) is 0 Å². The number of halogens is 4. The Kier molecular flexibility index (Phi) is 9.35. The molecule has 0 aliphatic carbocycles. The van der Waals surface area contributed by atoms with Crippen LogP contribution in [0.15, 0.2) is 64.2 Å². The smallest absolute Gasteiger partial charge is 0.389 e. The van der Waals surface area contributed by atoms with Crippen LogP contribution >= 0.6 is 31.9 Å². The molecule has 0 spiro atoms. The molecule has 1 aromatic carbocycles. The van der Waals surface area contributed by atoms with Gasteiger partial charge >= 0.3 is 5.82 Å². The number of hydrogen-bond donors (Lipinski definition) is 1. The first-order valence-electron chi connectivity index (χ1n) is 10.7. The molecule has 0 aliphatic rings. The number of benzene rings is 1. The molecule has 0 radical (unpaired) electrons. The second kappa shape index (κ2) is 12.2. The van der Waals surface area contributed by atoms with Crippen LogP contribution in [0.1, 0.15) is 36.6 Å². The average molecular weight is 625 g/mol. The van der Waals surface area contributed by atoms with Crippen molar-refractivity contribution in [3.8, 4) is 11.1 Å². The van der Waals surface area contributed by atoms with Gasteiger partial charge in [0, 0.05) is 37.0 Å². The van der Waals surface area contributed by atoms with Gasteiger partial charge in [-0.3, -0.25) is 9.67 Å². The summed E-state index contributed by atoms with van der Waals surface area (Å²) < 4.78 is 29.4. The first-order chi connectivity index (χ1) is 17.1. The molecule has 0 saturated heterocycles. The molecule has 4 aromatic rings. The van der Waals surface area contributed by atoms with E-state index in [9.17, 15) is 24.0 Å². The Hall–Kier alpha value is -3.09. The molecule has 1 N–H and O–H groups in total. The van der Waals surface area contributed by atoms with Gasteiger partial charge in [-0.1, -0.05) is 6.07 Å². The molecule has 12 heteroatoms. The summed E-state index contributed by atoms with van der Waals surface area (Å²) in [7, 11) is 0. The molecular formula is C24H21Br2F2N5O3. The highest BCUT2D eigenvalue weighted by molar-refractivity contribution is 9.10. The predicted molar refractivity (Wildman–Crippen MR) is 137 cm³/mol. The molecule has 36 heavy (non-hydrogen) atoms. The molecule has 4 rings (SSSR count). The third-order valence-electron chi connectivity index (χ3n) is 5.14. The van der Waals surface area contributed by atoms with Crippen molar-refractivity contribution >= 4 is 37.7 Å². The first-order valence-corrected chi connectivity index (χ1v) is 12.3. The van der Waals surface area contributed by atoms with Crippen molar-refractivity contribution in [2.24, 2.45) is 0 Å². The third kappa shape index (κ3) is 6.56. The summed E-state index contributed by atoms with van der Waals surface area (Å²) in [4.78, 5) is 16.6. The molecule has 8 nitrogen and oxygen atoms in total. The lowest BCUT2D eigenvalue weighted by Gasteiger charge is -2.15. The Balaban J connectivity index is 0.000000275. The first kappa shape index (κ1) is 27.5. The summed E-state index contributed by atoms with van der Waals surface area (Å²) in [6, 6.07) is 7.39. The SMILES string of the molecule is CCn1ncc(Cc2cnccc2-c2ccc(F)cc2C(C)O)c1Br.O=[N+]([O-])c1ncc(Br)cc1F. The molecule has 0 aliphatic heterocycles. The van der Waals surface area contributed by atoms with Gasteiger partial charge in [0.15, 0.2) is 6.20 Å². The molecule has 1 unspecified atom stereocenters. The van der Waals surface area contributed by atoms with E-state index in [1.807, 2.05) is 23.9 Å². The van der Waals surface area contributed by atoms with E-state index < -0.39 is 22.7 Å². The molecule has 1 atom stereocenters. The number of hydrogen-bond acceptors (Lipinski definition) is 6. The van der Waals surface area contributed by atoms with E-state index >= 15 is 0 Å². The Morgan fingerprint density at radius 3 is 2.47 bits per heavy atom. The van der Waals surface area contributed by atoms with Gasteiger partial charge in [-0.15, -0.1) is 0 Å². The third-order valence-corrected chi connectivity index (χ3v) is 6.50. The second-order valence-electron chi connectivity index (χ2n) is 7.61. The predicted octanol–water partition coefficient (Wildman–Crippen LogP) is 6.40. The zero-order chi connectivity index (χ0) is 26.4. The van der Waals surface area contributed by atoms with Crippen LogP contribution in [-0.4, -0.2) is 29.8 Å². The zero-order valence-electron chi connectivity index (χ0n) is 19.2. The molecular weight excluding hydrogens is 604 g/mol. The molecule has 188 valence electrons. The van der Waals surface area contributed by atoms with Crippen molar-refractivity contribution < 1.29 is 18.8 Å². The summed E-state index contributed by atoms with van der Waals surface area (Å²) in [5, 5.41) is 24.4. The quantitative estimate of drug-likeness (QED) is 0.196. The molecule has 0 fully saturated rings. The largest absolute Gasteiger partial charge is 0.399 e. The Morgan fingerprint density at radius 2 is 1.86 bits per heavy atom. The van der Waals surface area contributed by atoms with E-state index in [0.29, 0.717) is 16.5 Å². The van der Waals surface area contributed by atoms with E-state index in [-0.39, 0.29) is 5.82 Å². The van der Waals surface area contributed by atoms with Crippen LogP contribution in [0.2, 0.25) is 0 Å². The molecule has 3 heterocycles. The number of aromatic nitrogens is 4. The van der Waals surface area contributed by atoms with Gasteiger partial charge in [-0.25, -0.2) is 4.39 Å². The summed E-state index contributed by atoms with van der Waals surface area (Å²) >= 11 is 6.51. The highest BCUT2D eigenvalue weighted by Crippen LogP contribution is 2.33. The lowest BCUT2D eigenvalue weighted by Crippen LogP contribution is -2.00. The van der Waals surface area contributed by atoms with Gasteiger partial charge in [0.05, 0.1) is 16.8 Å². The lowest BCUT2D eigenvalue weighted by atomic mass is 9.92. The maximum atomic E-state index is 13.6. The fourth-order valence-corrected chi connectivity index (χ4v) is 4.34. The van der Waals surface area contributed by atoms with Crippen LogP contribution in [0, 0.1) is 21.7 Å². The van der Waals surface area contributed by atoms with Crippen molar-refractivity contribution in [1.29, 1.82) is 0 Å². The molecule has 0 saturated carbocycles. The standard InChI is InChI=1S/C19H19BrFN3O.C5H2BrFN2O2/c1-3-24-19(20)14(11-23-24)8-13-10-22-7-6-16(13)17-5-4-15(21)9-18(17)12(2)25;6-3-1-4(7)5(8-2-3)9(10)11/h4-7,9-12,25H,3,8H2,1-2H3;1-2H. The Labute approximate surface area is 222 Å². The van der Waals surface area contributed by atoms with Gasteiger partial charge in [-0.05, 0) is 96.1 Å². The Morgan fingerprint density at radius 1 is 1.11 bits per heavy atom. The van der Waals surface area contributed by atoms with Crippen LogP contribution in [-0.2, 0) is 13.0 Å². The zero-order valence-corrected chi connectivity index (χ0v) is 22.4. The van der Waals surface area contributed by atoms with Crippen LogP contribution in [0.25, 0.3) is 11.1 Å². The van der Waals surface area contributed by atoms with Gasteiger partial charge in [0.25, 0.3) is 0 Å². The van der Waals surface area contributed by atoms with Crippen LogP contribution in [0.5, 0.6) is 0 Å². The van der Waals surface area contributed by atoms with Crippen molar-refractivity contribution in [1.82, 2.24) is 19.7 Å². The summed E-state index contributed by atoms with van der Waals surface area (Å²) in [6.45, 7) is 4.45. The van der Waals surface area contributed by atoms with E-state index in [1.165, 1.54) is 18.3 Å². The number of rotatable bonds is 6. The number of nitro groups is 1. The summed E-state index contributed by atoms with van der Waals surface area (Å²) in [5.74, 6) is -2.06. The van der Waals surface area contributed by atoms with Gasteiger partial charge in [0.2, 0.25) is 5.82 Å². The van der Waals surface area contributed by atoms with E-state index in [0.717, 1.165) is 39.5 Å². The van der Waals surface area contributed by atoms with E-state index in [1.54, 1.807) is 25.4 Å². The number of aliphatic hydroxyl groups is 1. The number of aryl methyl sites for hydroxylation is 1. The van der Waals surface area contributed by atoms with Gasteiger partial charge < -0.3 is 15.2 Å². The fourth-order valence-electron chi connectivity index (χ4n) is 3.45. The molecule has 3 aromatic heterocycles. The number of nitrogens with zero attached hydrogens (tertiary/aromatic N) is 5. The highest BCUT2D eigenvalue weighted by atomic mass is 79.9. The van der Waals surface area contributed by atoms with Crippen molar-refractivity contribution in [3.05, 3.63) is 103 Å². The summed E-state index contributed by atoms with van der Waals surface area (Å²) in [6.07, 6.45) is 6.40. The maximum absolute atomic E-state index is 13.6. The van der Waals surface area contributed by atoms with Gasteiger partial charge in [0.1, 0.15) is 10.4 Å². The fraction of sp³-hybridized carbons (Fsp3) is 0.208. The topological polar surface area (TPSA) is 107 Å². The van der Waals surface area contributed by atoms with Crippen LogP contribution < -0.4 is 0 Å². The average Bonchev–Trinajstić information content (AvgIpc) is 3.18. The maximum Gasteiger partial charge on any atom is 0.399 e. The Bertz CT molecular complexity index is 1380. The van der Waals surface area contributed by atoms with Crippen molar-refractivity contribution in [2.75, 3.05) is 0 Å².